The highest BCUT2D eigenvalue weighted by Crippen LogP contribution is 2.23. The monoisotopic (exact) mass is 330 g/mol. The maximum Gasteiger partial charge on any atom is 0.306 e. The zero-order chi connectivity index (χ0) is 17.5. The molecule has 1 fully saturated rings. The third-order valence-electron chi connectivity index (χ3n) is 3.80. The second kappa shape index (κ2) is 8.14. The number of allylic oxidation sites excluding steroid dienone is 1. The third kappa shape index (κ3) is 4.34. The van der Waals surface area contributed by atoms with Crippen LogP contribution in [0.4, 0.5) is 5.69 Å². The van der Waals surface area contributed by atoms with Gasteiger partial charge in [0.15, 0.2) is 6.10 Å². The summed E-state index contributed by atoms with van der Waals surface area (Å²) in [5.41, 5.74) is 11.9. The number of hydrogen-bond donors (Lipinski definition) is 3. The van der Waals surface area contributed by atoms with Gasteiger partial charge in [-0.25, -0.2) is 0 Å². The number of nitrogens with zero attached hydrogens (tertiary/aromatic N) is 1. The van der Waals surface area contributed by atoms with Crippen molar-refractivity contribution in [3.05, 3.63) is 42.1 Å². The number of hydrogen-bond acceptors (Lipinski definition) is 5. The molecule has 7 nitrogen and oxygen atoms in total. The van der Waals surface area contributed by atoms with E-state index >= 15 is 0 Å². The molecule has 1 aromatic rings. The second-order valence-corrected chi connectivity index (χ2v) is 5.54. The molecule has 0 aliphatic carbocycles. The summed E-state index contributed by atoms with van der Waals surface area (Å²) in [6, 6.07) is 6.87. The predicted molar refractivity (Wildman–Crippen MR) is 91.5 cm³/mol. The fourth-order valence-electron chi connectivity index (χ4n) is 2.54. The van der Waals surface area contributed by atoms with Crippen molar-refractivity contribution in [2.45, 2.75) is 31.8 Å². The number of nitrogens with two attached hydrogens (primary N) is 2. The van der Waals surface area contributed by atoms with Crippen LogP contribution >= 0.6 is 0 Å². The van der Waals surface area contributed by atoms with Gasteiger partial charge in [-0.05, 0) is 49.7 Å². The lowest BCUT2D eigenvalue weighted by atomic mass is 10.1. The molecule has 1 atom stereocenters. The molecule has 1 aromatic carbocycles. The summed E-state index contributed by atoms with van der Waals surface area (Å²) in [5.74, 6) is -0.648. The lowest BCUT2D eigenvalue weighted by molar-refractivity contribution is -0.156. The van der Waals surface area contributed by atoms with Crippen LogP contribution in [0.2, 0.25) is 0 Å². The number of amidine groups is 1. The highest BCUT2D eigenvalue weighted by Gasteiger charge is 2.32. The number of ether oxygens (including phenoxy) is 1. The highest BCUT2D eigenvalue weighted by molar-refractivity contribution is 5.99. The first kappa shape index (κ1) is 17.5. The molecule has 0 aromatic heterocycles. The average molecular weight is 330 g/mol. The molecule has 1 aliphatic heterocycles. The summed E-state index contributed by atoms with van der Waals surface area (Å²) >= 11 is 0. The molecule has 1 saturated heterocycles. The lowest BCUT2D eigenvalue weighted by Gasteiger charge is -2.32. The molecule has 1 heterocycles. The van der Waals surface area contributed by atoms with Crippen molar-refractivity contribution in [2.24, 2.45) is 11.5 Å². The van der Waals surface area contributed by atoms with Crippen LogP contribution in [0.15, 0.2) is 36.5 Å². The number of amides is 1. The molecule has 2 rings (SSSR count). The highest BCUT2D eigenvalue weighted by atomic mass is 16.5. The van der Waals surface area contributed by atoms with Crippen LogP contribution in [0.1, 0.15) is 31.2 Å². The van der Waals surface area contributed by atoms with Crippen LogP contribution in [-0.2, 0) is 14.3 Å². The van der Waals surface area contributed by atoms with E-state index in [4.69, 9.17) is 21.6 Å². The number of benzene rings is 1. The van der Waals surface area contributed by atoms with E-state index in [1.54, 1.807) is 35.2 Å². The second-order valence-electron chi connectivity index (χ2n) is 5.54. The van der Waals surface area contributed by atoms with Crippen LogP contribution in [0, 0.1) is 5.41 Å². The fourth-order valence-corrected chi connectivity index (χ4v) is 2.54. The largest absolute Gasteiger partial charge is 0.452 e. The van der Waals surface area contributed by atoms with E-state index in [2.05, 4.69) is 0 Å². The number of nitrogens with one attached hydrogen (secondary N) is 1. The fraction of sp³-hybridized carbons (Fsp3) is 0.353. The summed E-state index contributed by atoms with van der Waals surface area (Å²) in [7, 11) is 0. The van der Waals surface area contributed by atoms with E-state index in [9.17, 15) is 9.59 Å². The van der Waals surface area contributed by atoms with Crippen molar-refractivity contribution in [1.29, 1.82) is 5.41 Å². The first-order valence-electron chi connectivity index (χ1n) is 7.85. The Morgan fingerprint density at radius 2 is 2.08 bits per heavy atom. The standard InChI is InChI=1S/C17H22N4O3/c18-10-2-1-5-15(22)24-14-4-3-11-21(17(14)23)13-8-6-12(7-9-13)16(19)20/h2,6-10,14H,1,3-5,11,18H2,(H3,19,20). The molecule has 0 bridgehead atoms. The quantitative estimate of drug-likeness (QED) is 0.412. The number of carbonyl (C=O) groups is 2. The number of rotatable bonds is 6. The number of piperidine rings is 1. The van der Waals surface area contributed by atoms with Gasteiger partial charge in [-0.1, -0.05) is 6.08 Å². The van der Waals surface area contributed by atoms with Crippen molar-refractivity contribution in [3.63, 3.8) is 0 Å². The van der Waals surface area contributed by atoms with Crippen molar-refractivity contribution < 1.29 is 14.3 Å². The molecule has 0 spiro atoms. The van der Waals surface area contributed by atoms with Gasteiger partial charge in [0.05, 0.1) is 0 Å². The Kier molecular flexibility index (Phi) is 5.95. The van der Waals surface area contributed by atoms with Gasteiger partial charge in [0.2, 0.25) is 0 Å². The number of esters is 1. The van der Waals surface area contributed by atoms with Crippen LogP contribution in [-0.4, -0.2) is 30.4 Å². The van der Waals surface area contributed by atoms with Crippen LogP contribution in [0.5, 0.6) is 0 Å². The van der Waals surface area contributed by atoms with Crippen molar-refractivity contribution in [2.75, 3.05) is 11.4 Å². The van der Waals surface area contributed by atoms with Gasteiger partial charge in [-0.15, -0.1) is 0 Å². The minimum Gasteiger partial charge on any atom is -0.452 e. The predicted octanol–water partition coefficient (Wildman–Crippen LogP) is 1.26. The maximum atomic E-state index is 12.6. The molecule has 128 valence electrons. The van der Waals surface area contributed by atoms with E-state index in [0.29, 0.717) is 30.6 Å². The topological polar surface area (TPSA) is 122 Å². The molecule has 0 saturated carbocycles. The van der Waals surface area contributed by atoms with Crippen molar-refractivity contribution in [3.8, 4) is 0 Å². The SMILES string of the molecule is N=C(N)c1ccc(N2CCCC(OC(=O)CCC=CN)C2=O)cc1. The molecular formula is C17H22N4O3. The average Bonchev–Trinajstić information content (AvgIpc) is 2.57. The van der Waals surface area contributed by atoms with Gasteiger partial charge in [0.1, 0.15) is 5.84 Å². The molecule has 7 heteroatoms. The number of anilines is 1. The molecule has 1 unspecified atom stereocenters. The third-order valence-corrected chi connectivity index (χ3v) is 3.80. The minimum atomic E-state index is -0.749. The van der Waals surface area contributed by atoms with Gasteiger partial charge in [-0.3, -0.25) is 15.0 Å². The Hall–Kier alpha value is -2.83. The van der Waals surface area contributed by atoms with Crippen LogP contribution in [0.3, 0.4) is 0 Å². The zero-order valence-corrected chi connectivity index (χ0v) is 13.4. The van der Waals surface area contributed by atoms with E-state index in [1.807, 2.05) is 0 Å². The van der Waals surface area contributed by atoms with Gasteiger partial charge >= 0.3 is 5.97 Å². The van der Waals surface area contributed by atoms with Gasteiger partial charge in [0, 0.05) is 24.2 Å². The normalized spacial score (nSPS) is 17.9. The first-order chi connectivity index (χ1) is 11.5. The van der Waals surface area contributed by atoms with Gasteiger partial charge in [0.25, 0.3) is 5.91 Å². The molecule has 5 N–H and O–H groups in total. The maximum absolute atomic E-state index is 12.6. The smallest absolute Gasteiger partial charge is 0.306 e. The Bertz CT molecular complexity index is 640. The molecular weight excluding hydrogens is 308 g/mol. The van der Waals surface area contributed by atoms with Crippen molar-refractivity contribution in [1.82, 2.24) is 0 Å². The van der Waals surface area contributed by atoms with E-state index in [0.717, 1.165) is 6.42 Å². The summed E-state index contributed by atoms with van der Waals surface area (Å²) < 4.78 is 5.30. The summed E-state index contributed by atoms with van der Waals surface area (Å²) in [5, 5.41) is 7.40. The zero-order valence-electron chi connectivity index (χ0n) is 13.4. The summed E-state index contributed by atoms with van der Waals surface area (Å²) in [6.07, 6.45) is 4.27. The molecule has 1 aliphatic rings. The molecule has 1 amide bonds. The Morgan fingerprint density at radius 3 is 2.71 bits per heavy atom. The van der Waals surface area contributed by atoms with Crippen LogP contribution in [0.25, 0.3) is 0 Å². The Balaban J connectivity index is 2.01. The van der Waals surface area contributed by atoms with E-state index in [1.165, 1.54) is 6.20 Å². The minimum absolute atomic E-state index is 0.0233. The summed E-state index contributed by atoms with van der Waals surface area (Å²) in [6.45, 7) is 0.572. The molecule has 24 heavy (non-hydrogen) atoms. The molecule has 0 radical (unpaired) electrons. The van der Waals surface area contributed by atoms with Gasteiger partial charge < -0.3 is 21.1 Å². The van der Waals surface area contributed by atoms with E-state index in [-0.39, 0.29) is 18.2 Å². The number of carbonyl (C=O) groups excluding carboxylic acids is 2. The Morgan fingerprint density at radius 1 is 1.38 bits per heavy atom. The van der Waals surface area contributed by atoms with E-state index < -0.39 is 12.1 Å². The number of nitrogen functional groups attached to an aromatic ring is 1. The van der Waals surface area contributed by atoms with Gasteiger partial charge in [-0.2, -0.15) is 0 Å². The lowest BCUT2D eigenvalue weighted by Crippen LogP contribution is -2.46. The Labute approximate surface area is 140 Å². The summed E-state index contributed by atoms with van der Waals surface area (Å²) in [4.78, 5) is 25.9. The first-order valence-corrected chi connectivity index (χ1v) is 7.85. The van der Waals surface area contributed by atoms with Crippen LogP contribution < -0.4 is 16.4 Å². The van der Waals surface area contributed by atoms with Crippen molar-refractivity contribution >= 4 is 23.4 Å².